The number of aromatic nitrogens is 2. The average Bonchev–Trinajstić information content (AvgIpc) is 3.64. The Labute approximate surface area is 223 Å². The lowest BCUT2D eigenvalue weighted by Gasteiger charge is -2.55. The topological polar surface area (TPSA) is 86.9 Å². The van der Waals surface area contributed by atoms with E-state index in [0.29, 0.717) is 17.5 Å². The van der Waals surface area contributed by atoms with E-state index in [1.807, 2.05) is 42.5 Å². The highest BCUT2D eigenvalue weighted by Gasteiger charge is 2.54. The SMILES string of the molecule is O=C(NC1C[C@H]2CC[C@@H]1C2)c1ccc(-c2nc3ccc(NC(=O)C45CC6CC(CC(C6)C4)C5)cc3[nH]2)cc1. The summed E-state index contributed by atoms with van der Waals surface area (Å²) in [5.74, 6) is 4.74. The summed E-state index contributed by atoms with van der Waals surface area (Å²) in [7, 11) is 0. The number of H-pyrrole nitrogens is 1. The molecule has 1 heterocycles. The lowest BCUT2D eigenvalue weighted by Crippen LogP contribution is -2.51. The van der Waals surface area contributed by atoms with E-state index in [1.54, 1.807) is 0 Å². The van der Waals surface area contributed by atoms with Gasteiger partial charge in [0.2, 0.25) is 5.91 Å². The zero-order valence-electron chi connectivity index (χ0n) is 21.8. The van der Waals surface area contributed by atoms with Crippen LogP contribution in [0.15, 0.2) is 42.5 Å². The molecular weight excluding hydrogens is 472 g/mol. The molecule has 2 aromatic carbocycles. The maximum Gasteiger partial charge on any atom is 0.251 e. The molecule has 6 heteroatoms. The number of nitrogens with one attached hydrogen (secondary N) is 3. The van der Waals surface area contributed by atoms with Crippen LogP contribution in [0.5, 0.6) is 0 Å². The van der Waals surface area contributed by atoms with Crippen molar-refractivity contribution >= 4 is 28.5 Å². The third-order valence-corrected chi connectivity index (χ3v) is 10.7. The molecule has 6 nitrogen and oxygen atoms in total. The first-order valence-electron chi connectivity index (χ1n) is 14.7. The summed E-state index contributed by atoms with van der Waals surface area (Å²) in [6.45, 7) is 0. The van der Waals surface area contributed by atoms with Crippen molar-refractivity contribution in [3.05, 3.63) is 48.0 Å². The maximum atomic E-state index is 13.5. The highest BCUT2D eigenvalue weighted by molar-refractivity contribution is 5.97. The number of anilines is 1. The second kappa shape index (κ2) is 8.42. The average molecular weight is 509 g/mol. The largest absolute Gasteiger partial charge is 0.349 e. The molecule has 0 spiro atoms. The molecule has 2 amide bonds. The first-order chi connectivity index (χ1) is 18.5. The van der Waals surface area contributed by atoms with E-state index in [2.05, 4.69) is 15.6 Å². The zero-order chi connectivity index (χ0) is 25.4. The first-order valence-corrected chi connectivity index (χ1v) is 14.7. The van der Waals surface area contributed by atoms with Gasteiger partial charge < -0.3 is 15.6 Å². The van der Waals surface area contributed by atoms with Gasteiger partial charge in [-0.15, -0.1) is 0 Å². The van der Waals surface area contributed by atoms with Crippen LogP contribution in [0.2, 0.25) is 0 Å². The summed E-state index contributed by atoms with van der Waals surface area (Å²) in [5.41, 5.74) is 4.08. The fourth-order valence-electron chi connectivity index (χ4n) is 9.33. The molecule has 6 bridgehead atoms. The number of benzene rings is 2. The molecule has 3 aromatic rings. The molecule has 1 unspecified atom stereocenters. The Morgan fingerprint density at radius 1 is 0.842 bits per heavy atom. The molecular formula is C32H36N4O2. The van der Waals surface area contributed by atoms with Gasteiger partial charge in [-0.05, 0) is 118 Å². The monoisotopic (exact) mass is 508 g/mol. The number of aromatic amines is 1. The summed E-state index contributed by atoms with van der Waals surface area (Å²) in [6, 6.07) is 14.0. The van der Waals surface area contributed by atoms with Crippen molar-refractivity contribution in [1.82, 2.24) is 15.3 Å². The molecule has 3 atom stereocenters. The number of hydrogen-bond donors (Lipinski definition) is 3. The van der Waals surface area contributed by atoms with Crippen molar-refractivity contribution in [3.8, 4) is 11.4 Å². The van der Waals surface area contributed by atoms with Crippen LogP contribution in [0, 0.1) is 35.0 Å². The van der Waals surface area contributed by atoms with Crippen molar-refractivity contribution in [2.75, 3.05) is 5.32 Å². The Morgan fingerprint density at radius 2 is 1.58 bits per heavy atom. The molecule has 38 heavy (non-hydrogen) atoms. The smallest absolute Gasteiger partial charge is 0.251 e. The van der Waals surface area contributed by atoms with Gasteiger partial charge in [0.1, 0.15) is 5.82 Å². The van der Waals surface area contributed by atoms with Gasteiger partial charge in [0.15, 0.2) is 0 Å². The number of imidazole rings is 1. The number of rotatable bonds is 5. The highest BCUT2D eigenvalue weighted by atomic mass is 16.2. The number of hydrogen-bond acceptors (Lipinski definition) is 3. The summed E-state index contributed by atoms with van der Waals surface area (Å²) in [4.78, 5) is 34.5. The number of carbonyl (C=O) groups excluding carboxylic acids is 2. The van der Waals surface area contributed by atoms with Crippen molar-refractivity contribution in [1.29, 1.82) is 0 Å². The van der Waals surface area contributed by atoms with Gasteiger partial charge in [-0.25, -0.2) is 4.98 Å². The van der Waals surface area contributed by atoms with E-state index in [9.17, 15) is 9.59 Å². The van der Waals surface area contributed by atoms with Crippen LogP contribution < -0.4 is 10.6 Å². The Bertz CT molecular complexity index is 1390. The molecule has 9 rings (SSSR count). The van der Waals surface area contributed by atoms with E-state index in [0.717, 1.165) is 77.5 Å². The quantitative estimate of drug-likeness (QED) is 0.378. The van der Waals surface area contributed by atoms with Crippen LogP contribution >= 0.6 is 0 Å². The first kappa shape index (κ1) is 22.8. The predicted octanol–water partition coefficient (Wildman–Crippen LogP) is 6.30. The third kappa shape index (κ3) is 3.78. The molecule has 6 fully saturated rings. The molecule has 6 aliphatic carbocycles. The summed E-state index contributed by atoms with van der Waals surface area (Å²) < 4.78 is 0. The van der Waals surface area contributed by atoms with Gasteiger partial charge in [-0.2, -0.15) is 0 Å². The van der Waals surface area contributed by atoms with Crippen molar-refractivity contribution < 1.29 is 9.59 Å². The van der Waals surface area contributed by atoms with Crippen LogP contribution in [0.3, 0.4) is 0 Å². The van der Waals surface area contributed by atoms with E-state index >= 15 is 0 Å². The minimum atomic E-state index is -0.158. The van der Waals surface area contributed by atoms with Crippen LogP contribution in [-0.4, -0.2) is 27.8 Å². The van der Waals surface area contributed by atoms with Gasteiger partial charge in [0.05, 0.1) is 16.4 Å². The highest BCUT2D eigenvalue weighted by Crippen LogP contribution is 2.60. The van der Waals surface area contributed by atoms with E-state index in [4.69, 9.17) is 4.98 Å². The molecule has 6 aliphatic rings. The number of nitrogens with zero attached hydrogens (tertiary/aromatic N) is 1. The van der Waals surface area contributed by atoms with E-state index in [-0.39, 0.29) is 17.2 Å². The lowest BCUT2D eigenvalue weighted by atomic mass is 9.49. The van der Waals surface area contributed by atoms with Crippen molar-refractivity contribution in [3.63, 3.8) is 0 Å². The number of fused-ring (bicyclic) bond motifs is 3. The normalized spacial score (nSPS) is 34.6. The second-order valence-corrected chi connectivity index (χ2v) is 13.3. The van der Waals surface area contributed by atoms with Crippen LogP contribution in [0.1, 0.15) is 74.6 Å². The Balaban J connectivity index is 0.966. The Kier molecular flexibility index (Phi) is 5.05. The Morgan fingerprint density at radius 3 is 2.24 bits per heavy atom. The summed E-state index contributed by atoms with van der Waals surface area (Å²) in [5, 5.41) is 6.54. The molecule has 0 radical (unpaired) electrons. The van der Waals surface area contributed by atoms with Gasteiger partial charge in [-0.1, -0.05) is 18.6 Å². The van der Waals surface area contributed by atoms with Gasteiger partial charge in [0, 0.05) is 22.9 Å². The molecule has 3 N–H and O–H groups in total. The van der Waals surface area contributed by atoms with Gasteiger partial charge >= 0.3 is 0 Å². The number of amides is 2. The van der Waals surface area contributed by atoms with Crippen LogP contribution in [-0.2, 0) is 4.79 Å². The lowest BCUT2D eigenvalue weighted by molar-refractivity contribution is -0.140. The zero-order valence-corrected chi connectivity index (χ0v) is 21.8. The number of carbonyl (C=O) groups is 2. The summed E-state index contributed by atoms with van der Waals surface area (Å²) >= 11 is 0. The minimum absolute atomic E-state index is 0.0260. The molecule has 0 aliphatic heterocycles. The summed E-state index contributed by atoms with van der Waals surface area (Å²) in [6.07, 6.45) is 12.2. The Hall–Kier alpha value is -3.15. The van der Waals surface area contributed by atoms with Gasteiger partial charge in [-0.3, -0.25) is 9.59 Å². The van der Waals surface area contributed by atoms with Gasteiger partial charge in [0.25, 0.3) is 5.91 Å². The van der Waals surface area contributed by atoms with Crippen molar-refractivity contribution in [2.45, 2.75) is 70.3 Å². The van der Waals surface area contributed by atoms with Crippen LogP contribution in [0.4, 0.5) is 5.69 Å². The van der Waals surface area contributed by atoms with Crippen LogP contribution in [0.25, 0.3) is 22.4 Å². The maximum absolute atomic E-state index is 13.5. The van der Waals surface area contributed by atoms with E-state index in [1.165, 1.54) is 38.5 Å². The predicted molar refractivity (Wildman–Crippen MR) is 147 cm³/mol. The van der Waals surface area contributed by atoms with Crippen molar-refractivity contribution in [2.24, 2.45) is 35.0 Å². The third-order valence-electron chi connectivity index (χ3n) is 10.7. The molecule has 1 aromatic heterocycles. The minimum Gasteiger partial charge on any atom is -0.349 e. The standard InChI is InChI=1S/C32H36N4O2/c37-30(36-27-13-18-1-2-24(27)12-18)23-5-3-22(4-6-23)29-34-26-8-7-25(14-28(26)35-29)33-31(38)32-15-19-9-20(16-32)11-21(10-19)17-32/h3-8,14,18-21,24,27H,1-2,9-13,15-17H2,(H,33,38)(H,34,35)(H,36,37)/t18-,19?,20?,21?,24+,27?,32?/m0/s1. The molecule has 6 saturated carbocycles. The fraction of sp³-hybridized carbons (Fsp3) is 0.531. The molecule has 196 valence electrons. The van der Waals surface area contributed by atoms with E-state index < -0.39 is 0 Å². The second-order valence-electron chi connectivity index (χ2n) is 13.3. The molecule has 0 saturated heterocycles. The fourth-order valence-corrected chi connectivity index (χ4v) is 9.33.